The summed E-state index contributed by atoms with van der Waals surface area (Å²) in [6, 6.07) is 7.22. The second-order valence-electron chi connectivity index (χ2n) is 6.54. The van der Waals surface area contributed by atoms with E-state index in [2.05, 4.69) is 10.2 Å². The Kier molecular flexibility index (Phi) is 4.75. The van der Waals surface area contributed by atoms with Crippen LogP contribution < -0.4 is 14.8 Å². The highest BCUT2D eigenvalue weighted by molar-refractivity contribution is 7.17. The average Bonchev–Trinajstić information content (AvgIpc) is 3.03. The number of hydrogen-bond acceptors (Lipinski definition) is 7. The minimum atomic E-state index is -0.785. The standard InChI is InChI=1S/C19H20N2O5S/c1-21-8-7-11-15(9-21)27-18(16(11)19(23)24-2)20-17(22)14-10-25-12-5-3-4-6-13(12)26-14/h3-6,14H,7-10H2,1-2H3,(H,20,22). The summed E-state index contributed by atoms with van der Waals surface area (Å²) in [6.45, 7) is 1.72. The third-order valence-corrected chi connectivity index (χ3v) is 5.81. The number of ether oxygens (including phenoxy) is 3. The zero-order chi connectivity index (χ0) is 19.0. The second-order valence-corrected chi connectivity index (χ2v) is 7.65. The van der Waals surface area contributed by atoms with E-state index in [-0.39, 0.29) is 12.5 Å². The third-order valence-electron chi connectivity index (χ3n) is 4.68. The van der Waals surface area contributed by atoms with Crippen LogP contribution in [0.1, 0.15) is 20.8 Å². The number of esters is 1. The van der Waals surface area contributed by atoms with Gasteiger partial charge in [-0.2, -0.15) is 0 Å². The van der Waals surface area contributed by atoms with Crippen LogP contribution in [0.25, 0.3) is 0 Å². The minimum absolute atomic E-state index is 0.115. The lowest BCUT2D eigenvalue weighted by molar-refractivity contribution is -0.125. The van der Waals surface area contributed by atoms with Crippen LogP contribution in [-0.4, -0.2) is 50.2 Å². The van der Waals surface area contributed by atoms with Crippen molar-refractivity contribution in [3.05, 3.63) is 40.3 Å². The second kappa shape index (κ2) is 7.21. The number of para-hydroxylation sites is 2. The van der Waals surface area contributed by atoms with Gasteiger partial charge in [0.15, 0.2) is 11.5 Å². The Balaban J connectivity index is 1.57. The van der Waals surface area contributed by atoms with E-state index in [1.807, 2.05) is 19.2 Å². The maximum Gasteiger partial charge on any atom is 0.341 e. The summed E-state index contributed by atoms with van der Waals surface area (Å²) >= 11 is 1.42. The van der Waals surface area contributed by atoms with E-state index < -0.39 is 12.1 Å². The van der Waals surface area contributed by atoms with E-state index in [4.69, 9.17) is 14.2 Å². The Hall–Kier alpha value is -2.58. The molecule has 1 amide bonds. The first-order valence-corrected chi connectivity index (χ1v) is 9.49. The molecule has 7 nitrogen and oxygen atoms in total. The van der Waals surface area contributed by atoms with Crippen LogP contribution in [0.2, 0.25) is 0 Å². The fourth-order valence-corrected chi connectivity index (χ4v) is 4.60. The van der Waals surface area contributed by atoms with Gasteiger partial charge in [-0.25, -0.2) is 4.79 Å². The molecule has 0 spiro atoms. The van der Waals surface area contributed by atoms with Crippen molar-refractivity contribution in [1.82, 2.24) is 4.90 Å². The number of hydrogen-bond donors (Lipinski definition) is 1. The molecule has 0 bridgehead atoms. The van der Waals surface area contributed by atoms with E-state index in [0.29, 0.717) is 22.1 Å². The van der Waals surface area contributed by atoms with Gasteiger partial charge in [0.25, 0.3) is 5.91 Å². The van der Waals surface area contributed by atoms with Crippen molar-refractivity contribution in [2.75, 3.05) is 32.6 Å². The van der Waals surface area contributed by atoms with Crippen LogP contribution in [0.4, 0.5) is 5.00 Å². The molecule has 1 unspecified atom stereocenters. The van der Waals surface area contributed by atoms with Crippen LogP contribution in [-0.2, 0) is 22.5 Å². The van der Waals surface area contributed by atoms with Crippen molar-refractivity contribution in [3.8, 4) is 11.5 Å². The molecule has 0 radical (unpaired) electrons. The lowest BCUT2D eigenvalue weighted by atomic mass is 10.0. The molecule has 1 aromatic carbocycles. The van der Waals surface area contributed by atoms with Gasteiger partial charge >= 0.3 is 5.97 Å². The SMILES string of the molecule is COC(=O)c1c(NC(=O)C2COc3ccccc3O2)sc2c1CCN(C)C2. The number of amides is 1. The molecule has 0 saturated carbocycles. The summed E-state index contributed by atoms with van der Waals surface area (Å²) in [5.41, 5.74) is 1.42. The normalized spacial score (nSPS) is 18.5. The Morgan fingerprint density at radius 1 is 1.30 bits per heavy atom. The Labute approximate surface area is 160 Å². The van der Waals surface area contributed by atoms with Gasteiger partial charge in [-0.1, -0.05) is 12.1 Å². The molecule has 1 N–H and O–H groups in total. The van der Waals surface area contributed by atoms with Crippen molar-refractivity contribution < 1.29 is 23.8 Å². The molecule has 142 valence electrons. The number of rotatable bonds is 3. The van der Waals surface area contributed by atoms with Crippen molar-refractivity contribution in [3.63, 3.8) is 0 Å². The Morgan fingerprint density at radius 2 is 2.07 bits per heavy atom. The molecule has 2 aromatic rings. The summed E-state index contributed by atoms with van der Waals surface area (Å²) in [4.78, 5) is 28.3. The predicted molar refractivity (Wildman–Crippen MR) is 101 cm³/mol. The number of nitrogens with zero attached hydrogens (tertiary/aromatic N) is 1. The maximum absolute atomic E-state index is 12.7. The van der Waals surface area contributed by atoms with Crippen LogP contribution in [0.3, 0.4) is 0 Å². The molecule has 1 atom stereocenters. The molecular formula is C19H20N2O5S. The van der Waals surface area contributed by atoms with Crippen molar-refractivity contribution in [2.24, 2.45) is 0 Å². The molecule has 0 aliphatic carbocycles. The largest absolute Gasteiger partial charge is 0.485 e. The van der Waals surface area contributed by atoms with Crippen LogP contribution in [0, 0.1) is 0 Å². The quantitative estimate of drug-likeness (QED) is 0.813. The van der Waals surface area contributed by atoms with Crippen LogP contribution in [0.15, 0.2) is 24.3 Å². The highest BCUT2D eigenvalue weighted by Crippen LogP contribution is 2.38. The fourth-order valence-electron chi connectivity index (χ4n) is 3.28. The van der Waals surface area contributed by atoms with Crippen molar-refractivity contribution in [2.45, 2.75) is 19.1 Å². The number of thiophene rings is 1. The molecule has 3 heterocycles. The van der Waals surface area contributed by atoms with Gasteiger partial charge < -0.3 is 24.4 Å². The smallest absolute Gasteiger partial charge is 0.341 e. The number of anilines is 1. The highest BCUT2D eigenvalue weighted by atomic mass is 32.1. The van der Waals surface area contributed by atoms with Crippen molar-refractivity contribution >= 4 is 28.2 Å². The van der Waals surface area contributed by atoms with E-state index in [0.717, 1.165) is 30.0 Å². The summed E-state index contributed by atoms with van der Waals surface area (Å²) in [6.07, 6.45) is -0.0359. The average molecular weight is 388 g/mol. The first kappa shape index (κ1) is 17.8. The van der Waals surface area contributed by atoms with Gasteiger partial charge in [0, 0.05) is 18.0 Å². The van der Waals surface area contributed by atoms with Gasteiger partial charge in [0.05, 0.1) is 12.7 Å². The molecule has 27 heavy (non-hydrogen) atoms. The molecule has 1 aromatic heterocycles. The number of benzene rings is 1. The van der Waals surface area contributed by atoms with E-state index >= 15 is 0 Å². The maximum atomic E-state index is 12.7. The predicted octanol–water partition coefficient (Wildman–Crippen LogP) is 2.30. The van der Waals surface area contributed by atoms with E-state index in [9.17, 15) is 9.59 Å². The van der Waals surface area contributed by atoms with E-state index in [1.165, 1.54) is 18.4 Å². The summed E-state index contributed by atoms with van der Waals surface area (Å²) < 4.78 is 16.3. The number of fused-ring (bicyclic) bond motifs is 2. The van der Waals surface area contributed by atoms with Gasteiger partial charge in [0.2, 0.25) is 6.10 Å². The Morgan fingerprint density at radius 3 is 2.85 bits per heavy atom. The number of carbonyl (C=O) groups excluding carboxylic acids is 2. The number of carbonyl (C=O) groups is 2. The summed E-state index contributed by atoms with van der Waals surface area (Å²) in [5, 5.41) is 3.36. The molecule has 2 aliphatic rings. The summed E-state index contributed by atoms with van der Waals surface area (Å²) in [5.74, 6) is 0.371. The number of methoxy groups -OCH3 is 1. The first-order valence-electron chi connectivity index (χ1n) is 8.67. The van der Waals surface area contributed by atoms with Crippen molar-refractivity contribution in [1.29, 1.82) is 0 Å². The van der Waals surface area contributed by atoms with Gasteiger partial charge in [-0.3, -0.25) is 4.79 Å². The highest BCUT2D eigenvalue weighted by Gasteiger charge is 2.32. The number of likely N-dealkylation sites (N-methyl/N-ethyl adjacent to an activating group) is 1. The molecule has 0 saturated heterocycles. The van der Waals surface area contributed by atoms with Crippen LogP contribution >= 0.6 is 11.3 Å². The van der Waals surface area contributed by atoms with Gasteiger partial charge in [-0.05, 0) is 31.2 Å². The summed E-state index contributed by atoms with van der Waals surface area (Å²) in [7, 11) is 3.38. The molecule has 8 heteroatoms. The van der Waals surface area contributed by atoms with Gasteiger partial charge in [0.1, 0.15) is 11.6 Å². The van der Waals surface area contributed by atoms with Gasteiger partial charge in [-0.15, -0.1) is 11.3 Å². The lowest BCUT2D eigenvalue weighted by Crippen LogP contribution is -2.40. The van der Waals surface area contributed by atoms with Crippen LogP contribution in [0.5, 0.6) is 11.5 Å². The molecule has 0 fully saturated rings. The molecule has 2 aliphatic heterocycles. The molecular weight excluding hydrogens is 368 g/mol. The molecule has 4 rings (SSSR count). The zero-order valence-corrected chi connectivity index (χ0v) is 15.9. The number of nitrogens with one attached hydrogen (secondary N) is 1. The lowest BCUT2D eigenvalue weighted by Gasteiger charge is -2.25. The fraction of sp³-hybridized carbons (Fsp3) is 0.368. The minimum Gasteiger partial charge on any atom is -0.485 e. The first-order chi connectivity index (χ1) is 13.1. The Bertz CT molecular complexity index is 894. The zero-order valence-electron chi connectivity index (χ0n) is 15.1. The monoisotopic (exact) mass is 388 g/mol. The topological polar surface area (TPSA) is 77.1 Å². The third kappa shape index (κ3) is 3.38. The van der Waals surface area contributed by atoms with E-state index in [1.54, 1.807) is 12.1 Å².